The summed E-state index contributed by atoms with van der Waals surface area (Å²) in [6.45, 7) is 3.38. The lowest BCUT2D eigenvalue weighted by Crippen LogP contribution is -2.24. The van der Waals surface area contributed by atoms with Crippen LogP contribution in [0, 0.1) is 31.0 Å². The normalized spacial score (nSPS) is 11.3. The van der Waals surface area contributed by atoms with Gasteiger partial charge in [-0.25, -0.2) is 17.5 Å². The topological polar surface area (TPSA) is 96.0 Å². The Hall–Kier alpha value is -2.24. The number of halogens is 1. The molecule has 0 amide bonds. The molecule has 0 aliphatic heterocycles. The summed E-state index contributed by atoms with van der Waals surface area (Å²) in [7, 11) is -3.86. The molecule has 0 radical (unpaired) electrons. The first-order chi connectivity index (χ1) is 9.85. The Morgan fingerprint density at radius 3 is 2.71 bits per heavy atom. The average Bonchev–Trinajstić information content (AvgIpc) is 2.76. The van der Waals surface area contributed by atoms with Crippen LogP contribution in [0.3, 0.4) is 0 Å². The molecule has 0 saturated carbocycles. The minimum Gasteiger partial charge on any atom is -0.361 e. The van der Waals surface area contributed by atoms with Crippen LogP contribution in [0.2, 0.25) is 0 Å². The van der Waals surface area contributed by atoms with Gasteiger partial charge in [0.1, 0.15) is 17.6 Å². The van der Waals surface area contributed by atoms with Gasteiger partial charge in [-0.1, -0.05) is 5.16 Å². The number of benzene rings is 1. The highest BCUT2D eigenvalue weighted by Crippen LogP contribution is 2.16. The monoisotopic (exact) mass is 309 g/mol. The van der Waals surface area contributed by atoms with Crippen LogP contribution in [-0.4, -0.2) is 13.6 Å². The van der Waals surface area contributed by atoms with Crippen molar-refractivity contribution in [3.05, 3.63) is 46.6 Å². The summed E-state index contributed by atoms with van der Waals surface area (Å²) >= 11 is 0. The highest BCUT2D eigenvalue weighted by molar-refractivity contribution is 7.89. The molecule has 0 bridgehead atoms. The fourth-order valence-electron chi connectivity index (χ4n) is 1.76. The molecule has 110 valence electrons. The summed E-state index contributed by atoms with van der Waals surface area (Å²) in [5.74, 6) is -0.241. The van der Waals surface area contributed by atoms with Crippen LogP contribution in [-0.2, 0) is 16.6 Å². The Morgan fingerprint density at radius 1 is 1.43 bits per heavy atom. The average molecular weight is 309 g/mol. The summed E-state index contributed by atoms with van der Waals surface area (Å²) in [5, 5.41) is 12.5. The van der Waals surface area contributed by atoms with Gasteiger partial charge in [-0.3, -0.25) is 0 Å². The van der Waals surface area contributed by atoms with Crippen molar-refractivity contribution in [3.8, 4) is 6.07 Å². The van der Waals surface area contributed by atoms with Crippen molar-refractivity contribution in [3.63, 3.8) is 0 Å². The Kier molecular flexibility index (Phi) is 4.06. The number of nitriles is 1. The first-order valence-corrected chi connectivity index (χ1v) is 7.44. The molecule has 8 heteroatoms. The fourth-order valence-corrected chi connectivity index (χ4v) is 2.78. The zero-order valence-corrected chi connectivity index (χ0v) is 12.2. The van der Waals surface area contributed by atoms with Crippen LogP contribution in [0.5, 0.6) is 0 Å². The van der Waals surface area contributed by atoms with Crippen LogP contribution in [0.1, 0.15) is 22.6 Å². The lowest BCUT2D eigenvalue weighted by Gasteiger charge is -2.07. The minimum atomic E-state index is -3.86. The molecule has 0 spiro atoms. The molecule has 6 nitrogen and oxygen atoms in total. The number of nitrogens with zero attached hydrogens (tertiary/aromatic N) is 2. The van der Waals surface area contributed by atoms with Crippen LogP contribution >= 0.6 is 0 Å². The Morgan fingerprint density at radius 2 is 2.14 bits per heavy atom. The highest BCUT2D eigenvalue weighted by Gasteiger charge is 2.18. The highest BCUT2D eigenvalue weighted by atomic mass is 32.2. The fraction of sp³-hybridized carbons (Fsp3) is 0.231. The Labute approximate surface area is 121 Å². The minimum absolute atomic E-state index is 0.00274. The summed E-state index contributed by atoms with van der Waals surface area (Å²) in [5.41, 5.74) is 0.906. The number of hydrogen-bond donors (Lipinski definition) is 1. The largest absolute Gasteiger partial charge is 0.361 e. The Bertz CT molecular complexity index is 802. The van der Waals surface area contributed by atoms with Crippen LogP contribution in [0.15, 0.2) is 27.6 Å². The van der Waals surface area contributed by atoms with E-state index >= 15 is 0 Å². The van der Waals surface area contributed by atoms with E-state index in [1.165, 1.54) is 0 Å². The molecule has 1 aromatic carbocycles. The molecule has 0 aliphatic carbocycles. The van der Waals surface area contributed by atoms with Crippen molar-refractivity contribution in [1.29, 1.82) is 5.26 Å². The SMILES string of the molecule is Cc1noc(C)c1CNS(=O)(=O)c1ccc(F)c(C#N)c1. The third-order valence-electron chi connectivity index (χ3n) is 2.99. The summed E-state index contributed by atoms with van der Waals surface area (Å²) in [6.07, 6.45) is 0. The first kappa shape index (κ1) is 15.2. The van der Waals surface area contributed by atoms with E-state index < -0.39 is 15.8 Å². The van der Waals surface area contributed by atoms with Gasteiger partial charge >= 0.3 is 0 Å². The number of hydrogen-bond acceptors (Lipinski definition) is 5. The van der Waals surface area contributed by atoms with E-state index in [1.54, 1.807) is 19.9 Å². The maximum atomic E-state index is 13.2. The van der Waals surface area contributed by atoms with E-state index in [0.717, 1.165) is 18.2 Å². The third kappa shape index (κ3) is 3.09. The van der Waals surface area contributed by atoms with E-state index in [-0.39, 0.29) is 17.0 Å². The molecule has 1 aromatic heterocycles. The van der Waals surface area contributed by atoms with E-state index in [0.29, 0.717) is 17.0 Å². The molecular formula is C13H12FN3O3S. The van der Waals surface area contributed by atoms with Gasteiger partial charge in [0.15, 0.2) is 0 Å². The first-order valence-electron chi connectivity index (χ1n) is 5.96. The zero-order chi connectivity index (χ0) is 15.6. The maximum Gasteiger partial charge on any atom is 0.240 e. The summed E-state index contributed by atoms with van der Waals surface area (Å²) in [4.78, 5) is -0.174. The standard InChI is InChI=1S/C13H12FN3O3S/c1-8-12(9(2)20-17-8)7-16-21(18,19)11-3-4-13(14)10(5-11)6-15/h3-5,16H,7H2,1-2H3. The zero-order valence-electron chi connectivity index (χ0n) is 11.3. The smallest absolute Gasteiger partial charge is 0.240 e. The summed E-state index contributed by atoms with van der Waals surface area (Å²) < 4.78 is 44.8. The van der Waals surface area contributed by atoms with Crippen LogP contribution < -0.4 is 4.72 Å². The van der Waals surface area contributed by atoms with Crippen molar-refractivity contribution >= 4 is 10.0 Å². The number of nitrogens with one attached hydrogen (secondary N) is 1. The molecule has 0 fully saturated rings. The molecule has 1 N–H and O–H groups in total. The predicted octanol–water partition coefficient (Wildman–Crippen LogP) is 1.78. The van der Waals surface area contributed by atoms with Crippen LogP contribution in [0.4, 0.5) is 4.39 Å². The molecular weight excluding hydrogens is 297 g/mol. The lowest BCUT2D eigenvalue weighted by atomic mass is 10.2. The predicted molar refractivity (Wildman–Crippen MR) is 71.1 cm³/mol. The maximum absolute atomic E-state index is 13.2. The second kappa shape index (κ2) is 5.63. The molecule has 2 aromatic rings. The molecule has 0 unspecified atom stereocenters. The van der Waals surface area contributed by atoms with Crippen molar-refractivity contribution in [2.45, 2.75) is 25.3 Å². The molecule has 21 heavy (non-hydrogen) atoms. The van der Waals surface area contributed by atoms with Crippen molar-refractivity contribution in [1.82, 2.24) is 9.88 Å². The van der Waals surface area contributed by atoms with Gasteiger partial charge in [0.05, 0.1) is 16.2 Å². The molecule has 0 aliphatic rings. The van der Waals surface area contributed by atoms with E-state index in [2.05, 4.69) is 9.88 Å². The number of aromatic nitrogens is 1. The van der Waals surface area contributed by atoms with Gasteiger partial charge in [0.25, 0.3) is 0 Å². The summed E-state index contributed by atoms with van der Waals surface area (Å²) in [6, 6.07) is 4.64. The van der Waals surface area contributed by atoms with Crippen LogP contribution in [0.25, 0.3) is 0 Å². The lowest BCUT2D eigenvalue weighted by molar-refractivity contribution is 0.392. The molecule has 0 atom stereocenters. The molecule has 0 saturated heterocycles. The third-order valence-corrected chi connectivity index (χ3v) is 4.39. The number of aryl methyl sites for hydroxylation is 2. The van der Waals surface area contributed by atoms with Gasteiger partial charge in [-0.05, 0) is 32.0 Å². The Balaban J connectivity index is 2.25. The van der Waals surface area contributed by atoms with Crippen molar-refractivity contribution < 1.29 is 17.3 Å². The van der Waals surface area contributed by atoms with Gasteiger partial charge in [-0.2, -0.15) is 5.26 Å². The number of rotatable bonds is 4. The second-order valence-electron chi connectivity index (χ2n) is 4.38. The molecule has 1 heterocycles. The number of sulfonamides is 1. The van der Waals surface area contributed by atoms with Gasteiger partial charge < -0.3 is 4.52 Å². The van der Waals surface area contributed by atoms with Gasteiger partial charge in [-0.15, -0.1) is 0 Å². The van der Waals surface area contributed by atoms with Gasteiger partial charge in [0.2, 0.25) is 10.0 Å². The molecule has 2 rings (SSSR count). The van der Waals surface area contributed by atoms with Gasteiger partial charge in [0, 0.05) is 12.1 Å². The van der Waals surface area contributed by atoms with E-state index in [1.807, 2.05) is 0 Å². The quantitative estimate of drug-likeness (QED) is 0.928. The second-order valence-corrected chi connectivity index (χ2v) is 6.15. The van der Waals surface area contributed by atoms with E-state index in [4.69, 9.17) is 9.78 Å². The van der Waals surface area contributed by atoms with Crippen molar-refractivity contribution in [2.24, 2.45) is 0 Å². The van der Waals surface area contributed by atoms with E-state index in [9.17, 15) is 12.8 Å². The van der Waals surface area contributed by atoms with Crippen molar-refractivity contribution in [2.75, 3.05) is 0 Å².